The van der Waals surface area contributed by atoms with Crippen molar-refractivity contribution in [1.29, 1.82) is 0 Å². The zero-order valence-electron chi connectivity index (χ0n) is 10.9. The molecule has 0 spiro atoms. The van der Waals surface area contributed by atoms with Gasteiger partial charge in [-0.25, -0.2) is 0 Å². The molecule has 86 valence electrons. The highest BCUT2D eigenvalue weighted by atomic mass is 14.4. The Bertz CT molecular complexity index is 406. The van der Waals surface area contributed by atoms with E-state index in [1.165, 1.54) is 17.6 Å². The lowest BCUT2D eigenvalue weighted by Crippen LogP contribution is -2.36. The minimum atomic E-state index is 0.262. The number of rotatable bonds is 1. The van der Waals surface area contributed by atoms with Crippen molar-refractivity contribution in [3.63, 3.8) is 0 Å². The predicted octanol–water partition coefficient (Wildman–Crippen LogP) is 4.81. The lowest BCUT2D eigenvalue weighted by atomic mass is 9.59. The normalized spacial score (nSPS) is 38.2. The van der Waals surface area contributed by atoms with Crippen LogP contribution in [0.3, 0.4) is 0 Å². The van der Waals surface area contributed by atoms with Crippen LogP contribution < -0.4 is 0 Å². The van der Waals surface area contributed by atoms with Crippen LogP contribution >= 0.6 is 0 Å². The first kappa shape index (κ1) is 11.4. The molecule has 0 nitrogen and oxygen atoms in total. The van der Waals surface area contributed by atoms with Crippen molar-refractivity contribution in [2.75, 3.05) is 0 Å². The average Bonchev–Trinajstić information content (AvgIpc) is 2.22. The molecule has 0 saturated carbocycles. The van der Waals surface area contributed by atoms with E-state index in [-0.39, 0.29) is 10.8 Å². The summed E-state index contributed by atoms with van der Waals surface area (Å²) in [4.78, 5) is 0. The maximum Gasteiger partial charge on any atom is -0.00150 e. The van der Waals surface area contributed by atoms with Crippen molar-refractivity contribution in [3.05, 3.63) is 47.6 Å². The Labute approximate surface area is 99.4 Å². The summed E-state index contributed by atoms with van der Waals surface area (Å²) in [7, 11) is 0. The summed E-state index contributed by atoms with van der Waals surface area (Å²) in [5, 5.41) is 0. The zero-order valence-corrected chi connectivity index (χ0v) is 10.9. The van der Waals surface area contributed by atoms with E-state index in [1.54, 1.807) is 0 Å². The molecule has 2 aliphatic carbocycles. The summed E-state index contributed by atoms with van der Waals surface area (Å²) in [5.41, 5.74) is 3.41. The molecule has 2 atom stereocenters. The van der Waals surface area contributed by atoms with Crippen molar-refractivity contribution < 1.29 is 0 Å². The monoisotopic (exact) mass is 214 g/mol. The summed E-state index contributed by atoms with van der Waals surface area (Å²) in [5.74, 6) is 0. The first-order chi connectivity index (χ1) is 7.45. The summed E-state index contributed by atoms with van der Waals surface area (Å²) in [6.07, 6.45) is 16.2. The maximum atomic E-state index is 2.41. The summed E-state index contributed by atoms with van der Waals surface area (Å²) in [6.45, 7) is 9.19. The molecule has 2 unspecified atom stereocenters. The Balaban J connectivity index is 2.29. The molecule has 0 heterocycles. The smallest absolute Gasteiger partial charge is 0.00150 e. The SMILES string of the molecule is CC1=CCC(C)(C2(C)C=CC=C(C)C2)C=C1. The molecule has 2 aliphatic rings. The van der Waals surface area contributed by atoms with Gasteiger partial charge in [-0.3, -0.25) is 0 Å². The fourth-order valence-electron chi connectivity index (χ4n) is 2.76. The molecule has 0 radical (unpaired) electrons. The highest BCUT2D eigenvalue weighted by Gasteiger charge is 2.41. The van der Waals surface area contributed by atoms with Crippen LogP contribution in [0.5, 0.6) is 0 Å². The van der Waals surface area contributed by atoms with Crippen LogP contribution in [0.2, 0.25) is 0 Å². The van der Waals surface area contributed by atoms with Crippen molar-refractivity contribution in [2.45, 2.75) is 40.5 Å². The highest BCUT2D eigenvalue weighted by molar-refractivity contribution is 5.32. The first-order valence-corrected chi connectivity index (χ1v) is 6.16. The van der Waals surface area contributed by atoms with Crippen LogP contribution in [0.1, 0.15) is 40.5 Å². The van der Waals surface area contributed by atoms with Gasteiger partial charge in [-0.05, 0) is 37.5 Å². The van der Waals surface area contributed by atoms with E-state index in [9.17, 15) is 0 Å². The third kappa shape index (κ3) is 1.81. The molecular formula is C16H22. The molecule has 0 heteroatoms. The van der Waals surface area contributed by atoms with Gasteiger partial charge in [0.2, 0.25) is 0 Å². The third-order valence-electron chi connectivity index (χ3n) is 4.36. The van der Waals surface area contributed by atoms with Crippen molar-refractivity contribution >= 4 is 0 Å². The Morgan fingerprint density at radius 2 is 1.81 bits per heavy atom. The van der Waals surface area contributed by atoms with Gasteiger partial charge in [0.05, 0.1) is 0 Å². The molecule has 0 amide bonds. The van der Waals surface area contributed by atoms with Crippen LogP contribution in [0.25, 0.3) is 0 Å². The molecule has 16 heavy (non-hydrogen) atoms. The van der Waals surface area contributed by atoms with E-state index in [1.807, 2.05) is 0 Å². The Hall–Kier alpha value is -1.04. The standard InChI is InChI=1S/C16H22/c1-13-7-10-15(3,11-8-13)16(4)9-5-6-14(2)12-16/h5-10H,11-12H2,1-4H3. The topological polar surface area (TPSA) is 0 Å². The number of hydrogen-bond donors (Lipinski definition) is 0. The summed E-state index contributed by atoms with van der Waals surface area (Å²) in [6, 6.07) is 0. The average molecular weight is 214 g/mol. The van der Waals surface area contributed by atoms with Crippen LogP contribution in [0.4, 0.5) is 0 Å². The van der Waals surface area contributed by atoms with E-state index in [0.29, 0.717) is 0 Å². The molecule has 0 fully saturated rings. The van der Waals surface area contributed by atoms with Gasteiger partial charge in [0, 0.05) is 0 Å². The van der Waals surface area contributed by atoms with Gasteiger partial charge in [-0.15, -0.1) is 0 Å². The van der Waals surface area contributed by atoms with Gasteiger partial charge in [0.1, 0.15) is 0 Å². The number of allylic oxidation sites excluding steroid dienone is 8. The molecule has 0 aromatic carbocycles. The largest absolute Gasteiger partial charge is 0.0807 e. The quantitative estimate of drug-likeness (QED) is 0.587. The van der Waals surface area contributed by atoms with E-state index >= 15 is 0 Å². The van der Waals surface area contributed by atoms with Crippen LogP contribution in [0, 0.1) is 10.8 Å². The fourth-order valence-corrected chi connectivity index (χ4v) is 2.76. The second-order valence-electron chi connectivity index (χ2n) is 5.87. The lowest BCUT2D eigenvalue weighted by molar-refractivity contribution is 0.179. The second kappa shape index (κ2) is 3.76. The maximum absolute atomic E-state index is 2.41. The predicted molar refractivity (Wildman–Crippen MR) is 71.2 cm³/mol. The van der Waals surface area contributed by atoms with Gasteiger partial charge in [-0.2, -0.15) is 0 Å². The lowest BCUT2D eigenvalue weighted by Gasteiger charge is -2.45. The Morgan fingerprint density at radius 3 is 2.38 bits per heavy atom. The van der Waals surface area contributed by atoms with E-state index in [0.717, 1.165) is 6.42 Å². The van der Waals surface area contributed by atoms with E-state index < -0.39 is 0 Å². The van der Waals surface area contributed by atoms with E-state index in [4.69, 9.17) is 0 Å². The molecule has 0 N–H and O–H groups in total. The van der Waals surface area contributed by atoms with Crippen molar-refractivity contribution in [2.24, 2.45) is 10.8 Å². The van der Waals surface area contributed by atoms with Crippen LogP contribution in [0.15, 0.2) is 47.6 Å². The van der Waals surface area contributed by atoms with Gasteiger partial charge < -0.3 is 0 Å². The van der Waals surface area contributed by atoms with Crippen molar-refractivity contribution in [3.8, 4) is 0 Å². The Kier molecular flexibility index (Phi) is 2.69. The second-order valence-corrected chi connectivity index (χ2v) is 5.87. The summed E-state index contributed by atoms with van der Waals surface area (Å²) >= 11 is 0. The zero-order chi connectivity index (χ0) is 11.8. The van der Waals surface area contributed by atoms with Crippen molar-refractivity contribution in [1.82, 2.24) is 0 Å². The third-order valence-corrected chi connectivity index (χ3v) is 4.36. The fraction of sp³-hybridized carbons (Fsp3) is 0.500. The highest BCUT2D eigenvalue weighted by Crippen LogP contribution is 2.51. The molecule has 0 aromatic heterocycles. The van der Waals surface area contributed by atoms with Crippen LogP contribution in [-0.4, -0.2) is 0 Å². The number of hydrogen-bond acceptors (Lipinski definition) is 0. The first-order valence-electron chi connectivity index (χ1n) is 6.16. The minimum absolute atomic E-state index is 0.262. The summed E-state index contributed by atoms with van der Waals surface area (Å²) < 4.78 is 0. The van der Waals surface area contributed by atoms with E-state index in [2.05, 4.69) is 64.2 Å². The molecule has 0 aromatic rings. The molecule has 2 rings (SSSR count). The molecule has 0 aliphatic heterocycles. The van der Waals surface area contributed by atoms with Crippen LogP contribution in [-0.2, 0) is 0 Å². The molecular weight excluding hydrogens is 192 g/mol. The Morgan fingerprint density at radius 1 is 1.06 bits per heavy atom. The van der Waals surface area contributed by atoms with Gasteiger partial charge in [0.25, 0.3) is 0 Å². The molecule has 0 saturated heterocycles. The minimum Gasteiger partial charge on any atom is -0.0807 e. The van der Waals surface area contributed by atoms with Gasteiger partial charge in [-0.1, -0.05) is 61.4 Å². The van der Waals surface area contributed by atoms with Gasteiger partial charge >= 0.3 is 0 Å². The van der Waals surface area contributed by atoms with Gasteiger partial charge in [0.15, 0.2) is 0 Å². The molecule has 0 bridgehead atoms.